The van der Waals surface area contributed by atoms with Gasteiger partial charge in [-0.3, -0.25) is 9.59 Å². The first-order valence-corrected chi connectivity index (χ1v) is 13.7. The van der Waals surface area contributed by atoms with Crippen molar-refractivity contribution in [3.8, 4) is 0 Å². The molecule has 0 bridgehead atoms. The second-order valence-electron chi connectivity index (χ2n) is 10.1. The summed E-state index contributed by atoms with van der Waals surface area (Å²) in [5, 5.41) is 17.2. The van der Waals surface area contributed by atoms with Gasteiger partial charge >= 0.3 is 0 Å². The van der Waals surface area contributed by atoms with Gasteiger partial charge in [-0.25, -0.2) is 0 Å². The number of hydrogen-bond acceptors (Lipinski definition) is 8. The lowest BCUT2D eigenvalue weighted by molar-refractivity contribution is -0.111. The average Bonchev–Trinajstić information content (AvgIpc) is 3.42. The second-order valence-corrected chi connectivity index (χ2v) is 10.1. The molecule has 11 heteroatoms. The molecule has 2 aromatic carbocycles. The van der Waals surface area contributed by atoms with E-state index in [2.05, 4.69) is 46.8 Å². The molecule has 1 aliphatic heterocycles. The van der Waals surface area contributed by atoms with E-state index in [9.17, 15) is 9.59 Å². The van der Waals surface area contributed by atoms with Crippen molar-refractivity contribution < 1.29 is 14.3 Å². The van der Waals surface area contributed by atoms with Crippen LogP contribution in [0.25, 0.3) is 5.65 Å². The van der Waals surface area contributed by atoms with Crippen LogP contribution >= 0.6 is 0 Å². The molecule has 5 rings (SSSR count). The Morgan fingerprint density at radius 3 is 2.59 bits per heavy atom. The maximum absolute atomic E-state index is 12.9. The van der Waals surface area contributed by atoms with E-state index in [1.54, 1.807) is 34.8 Å². The zero-order valence-electron chi connectivity index (χ0n) is 23.2. The molecule has 0 saturated carbocycles. The number of nitrogens with zero attached hydrogens (tertiary/aromatic N) is 4. The molecule has 4 N–H and O–H groups in total. The quantitative estimate of drug-likeness (QED) is 0.205. The Labute approximate surface area is 238 Å². The van der Waals surface area contributed by atoms with E-state index in [4.69, 9.17) is 14.7 Å². The van der Waals surface area contributed by atoms with Crippen LogP contribution in [0.15, 0.2) is 67.4 Å². The van der Waals surface area contributed by atoms with Gasteiger partial charge in [0.1, 0.15) is 0 Å². The molecule has 0 atom stereocenters. The number of nitrogens with one attached hydrogen (secondary N) is 4. The summed E-state index contributed by atoms with van der Waals surface area (Å²) in [6.07, 6.45) is 4.75. The summed E-state index contributed by atoms with van der Waals surface area (Å²) in [6, 6.07) is 14.5. The minimum atomic E-state index is -0.395. The maximum atomic E-state index is 12.9. The summed E-state index contributed by atoms with van der Waals surface area (Å²) in [4.78, 5) is 34.8. The average molecular weight is 555 g/mol. The monoisotopic (exact) mass is 554 g/mol. The van der Waals surface area contributed by atoms with Crippen LogP contribution in [-0.4, -0.2) is 50.7 Å². The van der Waals surface area contributed by atoms with E-state index in [0.29, 0.717) is 42.0 Å². The summed E-state index contributed by atoms with van der Waals surface area (Å²) in [5.74, 6) is 0.545. The Balaban J connectivity index is 1.45. The number of benzene rings is 2. The van der Waals surface area contributed by atoms with Gasteiger partial charge in [0.2, 0.25) is 17.8 Å². The highest BCUT2D eigenvalue weighted by atomic mass is 16.5. The third-order valence-corrected chi connectivity index (χ3v) is 6.88. The van der Waals surface area contributed by atoms with Gasteiger partial charge in [-0.1, -0.05) is 50.8 Å². The van der Waals surface area contributed by atoms with E-state index >= 15 is 0 Å². The van der Waals surface area contributed by atoms with Crippen LogP contribution in [0, 0.1) is 0 Å². The van der Waals surface area contributed by atoms with E-state index in [-0.39, 0.29) is 24.4 Å². The van der Waals surface area contributed by atoms with Crippen molar-refractivity contribution in [3.63, 3.8) is 0 Å². The molecule has 212 valence electrons. The number of anilines is 4. The van der Waals surface area contributed by atoms with Crippen LogP contribution in [0.5, 0.6) is 0 Å². The number of hydrogen-bond donors (Lipinski definition) is 4. The third-order valence-electron chi connectivity index (χ3n) is 6.88. The Morgan fingerprint density at radius 2 is 1.85 bits per heavy atom. The van der Waals surface area contributed by atoms with E-state index in [0.717, 1.165) is 29.6 Å². The fourth-order valence-corrected chi connectivity index (χ4v) is 4.64. The van der Waals surface area contributed by atoms with Crippen molar-refractivity contribution in [1.82, 2.24) is 19.6 Å². The van der Waals surface area contributed by atoms with Crippen LogP contribution < -0.4 is 21.3 Å². The fraction of sp³-hybridized carbons (Fsp3) is 0.300. The summed E-state index contributed by atoms with van der Waals surface area (Å²) in [7, 11) is 0. The van der Waals surface area contributed by atoms with Gasteiger partial charge in [0.15, 0.2) is 5.65 Å². The molecule has 1 fully saturated rings. The molecule has 11 nitrogen and oxygen atoms in total. The van der Waals surface area contributed by atoms with Gasteiger partial charge < -0.3 is 26.0 Å². The Bertz CT molecular complexity index is 1540. The molecule has 0 spiro atoms. The molecule has 2 amide bonds. The number of rotatable bonds is 10. The lowest BCUT2D eigenvalue weighted by Gasteiger charge is -2.23. The molecule has 0 radical (unpaired) electrons. The predicted octanol–water partition coefficient (Wildman–Crippen LogP) is 4.83. The van der Waals surface area contributed by atoms with Gasteiger partial charge in [0, 0.05) is 36.9 Å². The van der Waals surface area contributed by atoms with Gasteiger partial charge in [-0.2, -0.15) is 19.6 Å². The number of carbonyl (C=O) groups is 2. The topological polar surface area (TPSA) is 135 Å². The first-order valence-electron chi connectivity index (χ1n) is 13.7. The third kappa shape index (κ3) is 6.52. The summed E-state index contributed by atoms with van der Waals surface area (Å²) < 4.78 is 7.18. The number of fused-ring (bicyclic) bond motifs is 1. The smallest absolute Gasteiger partial charge is 0.255 e. The Morgan fingerprint density at radius 1 is 1.07 bits per heavy atom. The molecule has 4 aromatic rings. The highest BCUT2D eigenvalue weighted by molar-refractivity contribution is 6.08. The number of aromatic nitrogens is 4. The minimum absolute atomic E-state index is 0.218. The lowest BCUT2D eigenvalue weighted by atomic mass is 10.1. The largest absolute Gasteiger partial charge is 0.381 e. The van der Waals surface area contributed by atoms with Crippen LogP contribution in [0.4, 0.5) is 23.3 Å². The zero-order chi connectivity index (χ0) is 28.8. The lowest BCUT2D eigenvalue weighted by Crippen LogP contribution is -2.29. The molecular weight excluding hydrogens is 520 g/mol. The molecular formula is C30H34N8O3. The first kappa shape index (κ1) is 27.8. The van der Waals surface area contributed by atoms with Crippen molar-refractivity contribution in [1.29, 1.82) is 0 Å². The molecule has 0 unspecified atom stereocenters. The van der Waals surface area contributed by atoms with Crippen molar-refractivity contribution in [2.45, 2.75) is 45.2 Å². The molecule has 2 aromatic heterocycles. The number of para-hydroxylation sites is 1. The summed E-state index contributed by atoms with van der Waals surface area (Å²) in [5.41, 5.74) is 3.89. The van der Waals surface area contributed by atoms with Crippen LogP contribution in [0.2, 0.25) is 0 Å². The van der Waals surface area contributed by atoms with Crippen molar-refractivity contribution >= 4 is 40.7 Å². The molecule has 41 heavy (non-hydrogen) atoms. The first-order chi connectivity index (χ1) is 19.9. The van der Waals surface area contributed by atoms with Crippen molar-refractivity contribution in [3.05, 3.63) is 84.1 Å². The molecule has 1 aliphatic rings. The van der Waals surface area contributed by atoms with Crippen molar-refractivity contribution in [2.24, 2.45) is 0 Å². The molecule has 1 saturated heterocycles. The van der Waals surface area contributed by atoms with E-state index < -0.39 is 5.91 Å². The normalized spacial score (nSPS) is 13.6. The second kappa shape index (κ2) is 12.6. The van der Waals surface area contributed by atoms with Crippen LogP contribution in [-0.2, 0) is 16.1 Å². The Hall–Kier alpha value is -4.77. The standard InChI is InChI=1S/C30H34N8O3/c1-4-25(39)35-26-21(11-8-12-24(26)34-28(40)20-9-6-5-7-10-20)17-31-30-37-29(33-22-13-15-41-16-14-22)36-27-23(19(2)3)18-32-38(27)30/h4-12,18-19,22H,1,13-17H2,2-3H3,(H,34,40)(H,35,39)(H2,31,33,36,37). The number of carbonyl (C=O) groups excluding carboxylic acids is 2. The fourth-order valence-electron chi connectivity index (χ4n) is 4.64. The van der Waals surface area contributed by atoms with E-state index in [1.165, 1.54) is 6.08 Å². The Kier molecular flexibility index (Phi) is 8.54. The predicted molar refractivity (Wildman–Crippen MR) is 159 cm³/mol. The molecule has 3 heterocycles. The number of ether oxygens (including phenoxy) is 1. The zero-order valence-corrected chi connectivity index (χ0v) is 23.2. The van der Waals surface area contributed by atoms with Gasteiger partial charge in [0.25, 0.3) is 5.91 Å². The maximum Gasteiger partial charge on any atom is 0.255 e. The highest BCUT2D eigenvalue weighted by Crippen LogP contribution is 2.29. The van der Waals surface area contributed by atoms with Crippen LogP contribution in [0.1, 0.15) is 54.1 Å². The molecule has 0 aliphatic carbocycles. The summed E-state index contributed by atoms with van der Waals surface area (Å²) in [6.45, 7) is 9.44. The van der Waals surface area contributed by atoms with Gasteiger partial charge in [-0.15, -0.1) is 0 Å². The SMILES string of the molecule is C=CC(=O)Nc1c(CNc2nc(NC3CCOCC3)nc3c(C(C)C)cnn23)cccc1NC(=O)c1ccccc1. The van der Waals surface area contributed by atoms with E-state index in [1.807, 2.05) is 24.4 Å². The van der Waals surface area contributed by atoms with Crippen molar-refractivity contribution in [2.75, 3.05) is 34.5 Å². The highest BCUT2D eigenvalue weighted by Gasteiger charge is 2.20. The van der Waals surface area contributed by atoms with Gasteiger partial charge in [0.05, 0.1) is 17.6 Å². The number of amides is 2. The summed E-state index contributed by atoms with van der Waals surface area (Å²) >= 11 is 0. The van der Waals surface area contributed by atoms with Gasteiger partial charge in [-0.05, 0) is 48.6 Å². The minimum Gasteiger partial charge on any atom is -0.381 e. The van der Waals surface area contributed by atoms with Crippen LogP contribution in [0.3, 0.4) is 0 Å².